The quantitative estimate of drug-likeness (QED) is 0.0118. The molecule has 3 aliphatic heterocycles. The Kier molecular flexibility index (Phi) is 32.2. The van der Waals surface area contributed by atoms with Gasteiger partial charge >= 0.3 is 12.0 Å². The van der Waals surface area contributed by atoms with Gasteiger partial charge in [0.15, 0.2) is 28.8 Å². The van der Waals surface area contributed by atoms with E-state index < -0.39 is 42.9 Å². The summed E-state index contributed by atoms with van der Waals surface area (Å²) in [6.07, 6.45) is 14.6. The molecule has 4 aromatic carbocycles. The van der Waals surface area contributed by atoms with Gasteiger partial charge in [-0.05, 0) is 124 Å². The number of alkyl halides is 1. The smallest absolute Gasteiger partial charge is 0.312 e. The highest BCUT2D eigenvalue weighted by Crippen LogP contribution is 2.34. The maximum atomic E-state index is 13.7. The van der Waals surface area contributed by atoms with E-state index in [2.05, 4.69) is 51.1 Å². The van der Waals surface area contributed by atoms with Crippen molar-refractivity contribution in [1.29, 1.82) is 0 Å². The number of ketones is 2. The third kappa shape index (κ3) is 26.0. The second kappa shape index (κ2) is 43.1. The summed E-state index contributed by atoms with van der Waals surface area (Å²) in [4.78, 5) is 142. The van der Waals surface area contributed by atoms with Crippen LogP contribution in [0.25, 0.3) is 22.5 Å². The van der Waals surface area contributed by atoms with Gasteiger partial charge in [-0.15, -0.1) is 0 Å². The largest absolute Gasteiger partial charge is 0.493 e. The van der Waals surface area contributed by atoms with Crippen LogP contribution in [0, 0.1) is 11.8 Å². The Morgan fingerprint density at radius 3 is 1.85 bits per heavy atom. The van der Waals surface area contributed by atoms with Crippen LogP contribution in [0.1, 0.15) is 131 Å². The van der Waals surface area contributed by atoms with Crippen molar-refractivity contribution in [3.63, 3.8) is 0 Å². The van der Waals surface area contributed by atoms with Gasteiger partial charge < -0.3 is 77.7 Å². The highest BCUT2D eigenvalue weighted by Gasteiger charge is 2.30. The van der Waals surface area contributed by atoms with Crippen LogP contribution in [0.2, 0.25) is 0 Å². The van der Waals surface area contributed by atoms with Crippen LogP contribution in [-0.2, 0) is 46.5 Å². The van der Waals surface area contributed by atoms with Crippen molar-refractivity contribution >= 4 is 87.5 Å². The summed E-state index contributed by atoms with van der Waals surface area (Å²) in [5.74, 6) is -1.34. The summed E-state index contributed by atoms with van der Waals surface area (Å²) in [5, 5.41) is 11.2. The van der Waals surface area contributed by atoms with E-state index in [0.717, 1.165) is 30.8 Å². The topological polar surface area (TPSA) is 426 Å². The predicted octanol–water partition coefficient (Wildman–Crippen LogP) is 9.16. The molecule has 0 saturated heterocycles. The first kappa shape index (κ1) is 82.9. The number of aromatic nitrogens is 5. The lowest BCUT2D eigenvalue weighted by Crippen LogP contribution is -2.46. The van der Waals surface area contributed by atoms with Gasteiger partial charge in [-0.25, -0.2) is 24.7 Å². The number of nitrogens with two attached hydrogens (primary N) is 4. The Morgan fingerprint density at radius 1 is 0.685 bits per heavy atom. The first-order valence-corrected chi connectivity index (χ1v) is 36.9. The number of imide groups is 1. The number of carbonyl (C=O) groups excluding carboxylic acids is 9. The molecule has 111 heavy (non-hydrogen) atoms. The summed E-state index contributed by atoms with van der Waals surface area (Å²) in [5.41, 5.74) is 29.4. The summed E-state index contributed by atoms with van der Waals surface area (Å²) in [6, 6.07) is 25.7. The number of hydrogen-bond donors (Lipinski definition) is 8. The van der Waals surface area contributed by atoms with Crippen molar-refractivity contribution in [3.05, 3.63) is 150 Å². The molecule has 7 aromatic rings. The number of anilines is 6. The second-order valence-corrected chi connectivity index (χ2v) is 26.9. The van der Waals surface area contributed by atoms with Crippen LogP contribution in [-0.4, -0.2) is 169 Å². The third-order valence-electron chi connectivity index (χ3n) is 18.2. The summed E-state index contributed by atoms with van der Waals surface area (Å²) >= 11 is 0. The number of esters is 1. The van der Waals surface area contributed by atoms with E-state index in [-0.39, 0.29) is 117 Å². The van der Waals surface area contributed by atoms with E-state index in [4.69, 9.17) is 48.0 Å². The standard InChI is InChI=1S/C55H68N10O11.C24H28N6O3.CH3F/c1-35(2)42(30-39(66)11-5-4-7-24-65-48(68)18-19-49(65)69)53(71)62-43(12-9-21-59-55(57)73)47(67)27-36-14-16-37(17-15-36)34-76-50(70)13-6-8-25-74-40-28-38-29-41(31-40)75-26-10-23-64(3)46-20-22-58-32-45(46)63-54(72)51-52(56)60-33-44(38)61-51;1-30-9-5-11-33-18-13-16(12-17(14-18)32-10-4-8-25)20-15-27-23(26)22(28-20)24(31)29-19-6-2-3-7-21(19)30;1-2/h14-20,22,28-29,31-33,35,42-43H,4-13,21,23-27,30,34H2,1-3H3,(H2,56,60)(H,62,71)(H,63,72)(H3,57,59,73);2-3,6-7,12-15H,4-5,8-11,25H2,1H3,(H2,26,27)(H,29,31);1H3/i;;1D. The molecule has 12 N–H and O–H groups in total. The lowest BCUT2D eigenvalue weighted by atomic mass is 9.88. The van der Waals surface area contributed by atoms with E-state index in [1.807, 2.05) is 81.4 Å². The van der Waals surface area contributed by atoms with Crippen LogP contribution in [0.15, 0.2) is 128 Å². The van der Waals surface area contributed by atoms with Gasteiger partial charge in [0.05, 0.1) is 93.7 Å². The molecule has 3 aliphatic rings. The van der Waals surface area contributed by atoms with Crippen LogP contribution in [0.4, 0.5) is 43.6 Å². The van der Waals surface area contributed by atoms with E-state index >= 15 is 0 Å². The molecule has 8 bridgehead atoms. The first-order chi connectivity index (χ1) is 54.0. The number of urea groups is 1. The fraction of sp³-hybridized carbons (Fsp3) is 0.400. The van der Waals surface area contributed by atoms with Crippen molar-refractivity contribution in [2.24, 2.45) is 23.3 Å². The van der Waals surface area contributed by atoms with Gasteiger partial charge in [-0.1, -0.05) is 56.7 Å². The summed E-state index contributed by atoms with van der Waals surface area (Å²) in [6.45, 7) is 7.79. The molecular weight excluding hydrogens is 1430 g/mol. The number of ether oxygens (including phenoxy) is 5. The molecule has 7 amide bonds. The molecular formula is C80H99FN16O14. The molecule has 6 heterocycles. The zero-order valence-electron chi connectivity index (χ0n) is 64.0. The predicted molar refractivity (Wildman–Crippen MR) is 419 cm³/mol. The minimum absolute atomic E-state index is 0.00367. The minimum Gasteiger partial charge on any atom is -0.493 e. The van der Waals surface area contributed by atoms with Crippen LogP contribution >= 0.6 is 0 Å². The number of benzene rings is 4. The lowest BCUT2D eigenvalue weighted by molar-refractivity contribution is -0.145. The van der Waals surface area contributed by atoms with Crippen molar-refractivity contribution < 1.29 is 72.6 Å². The first-order valence-electron chi connectivity index (χ1n) is 37.6. The number of hydrogen-bond acceptors (Lipinski definition) is 24. The molecule has 0 spiro atoms. The Balaban J connectivity index is 0.000000360. The van der Waals surface area contributed by atoms with Crippen molar-refractivity contribution in [1.82, 2.24) is 40.5 Å². The SMILES string of the molecule is CC(C)C(CC(=O)CCCCCN1C(=O)C=CC1=O)C(=O)NC(CCCNC(N)=O)C(=O)Cc1ccc(COC(=O)CCCCOc2cc3cc(c2)-c2cnc(N)c(n2)C(=O)Nc2cnccc2N(C)CCCO3)cc1.CN1CCCOc2cc(OCCCN)cc(c2)-c2cnc(N)c(n2)C(=O)Nc2ccccc21.[2H]CF. The number of halogens is 1. The molecule has 0 saturated carbocycles. The summed E-state index contributed by atoms with van der Waals surface area (Å²) in [7, 11) is 2.89. The number of rotatable bonds is 30. The zero-order valence-corrected chi connectivity index (χ0v) is 63.0. The molecule has 0 radical (unpaired) electrons. The highest BCUT2D eigenvalue weighted by molar-refractivity contribution is 6.13. The molecule has 0 fully saturated rings. The van der Waals surface area contributed by atoms with Gasteiger partial charge in [0.25, 0.3) is 23.6 Å². The number of Topliss-reactive ketones (excluding diaryl/α,β-unsaturated/α-hetero) is 2. The van der Waals surface area contributed by atoms with Gasteiger partial charge in [0, 0.05) is 113 Å². The number of primary amides is 1. The average Bonchev–Trinajstić information content (AvgIpc) is 1.07. The number of nitrogen functional groups attached to an aromatic ring is 2. The van der Waals surface area contributed by atoms with Crippen molar-refractivity contribution in [2.45, 2.75) is 116 Å². The fourth-order valence-electron chi connectivity index (χ4n) is 12.2. The number of pyridine rings is 1. The number of amides is 7. The monoisotopic (exact) mass is 1530 g/mol. The number of unbranched alkanes of at least 4 members (excludes halogenated alkanes) is 3. The maximum absolute atomic E-state index is 13.7. The van der Waals surface area contributed by atoms with Crippen molar-refractivity contribution in [3.8, 4) is 45.5 Å². The Bertz CT molecular complexity index is 4400. The second-order valence-electron chi connectivity index (χ2n) is 26.9. The fourth-order valence-corrected chi connectivity index (χ4v) is 12.2. The lowest BCUT2D eigenvalue weighted by Gasteiger charge is -2.24. The molecule has 31 heteroatoms. The van der Waals surface area contributed by atoms with Gasteiger partial charge in [-0.3, -0.25) is 52.6 Å². The Hall–Kier alpha value is -12.2. The molecule has 30 nitrogen and oxygen atoms in total. The van der Waals surface area contributed by atoms with Crippen LogP contribution in [0.3, 0.4) is 0 Å². The van der Waals surface area contributed by atoms with E-state index in [9.17, 15) is 47.5 Å². The molecule has 0 aliphatic carbocycles. The maximum Gasteiger partial charge on any atom is 0.312 e. The van der Waals surface area contributed by atoms with Gasteiger partial charge in [0.2, 0.25) is 5.91 Å². The van der Waals surface area contributed by atoms with Crippen molar-refractivity contribution in [2.75, 3.05) is 112 Å². The van der Waals surface area contributed by atoms with E-state index in [1.54, 1.807) is 54.9 Å². The van der Waals surface area contributed by atoms with Crippen LogP contribution in [0.5, 0.6) is 23.0 Å². The summed E-state index contributed by atoms with van der Waals surface area (Å²) < 4.78 is 45.2. The third-order valence-corrected chi connectivity index (χ3v) is 18.2. The molecule has 3 aromatic heterocycles. The number of para-hydroxylation sites is 2. The van der Waals surface area contributed by atoms with E-state index in [0.29, 0.717) is 146 Å². The average molecular weight is 1530 g/mol. The molecule has 2 atom stereocenters. The molecule has 10 rings (SSSR count). The number of nitrogens with zero attached hydrogens (tertiary/aromatic N) is 8. The number of carbonyl (C=O) groups is 9. The van der Waals surface area contributed by atoms with Gasteiger partial charge in [-0.2, -0.15) is 0 Å². The number of nitrogens with one attached hydrogen (secondary N) is 4. The Morgan fingerprint density at radius 2 is 1.25 bits per heavy atom. The molecule has 2 unspecified atom stereocenters. The van der Waals surface area contributed by atoms with E-state index in [1.165, 1.54) is 29.4 Å². The minimum atomic E-state index is -1.00. The molecule has 590 valence electrons. The Labute approximate surface area is 645 Å². The number of fused-ring (bicyclic) bond motifs is 12. The van der Waals surface area contributed by atoms with Gasteiger partial charge in [0.1, 0.15) is 35.4 Å². The zero-order chi connectivity index (χ0) is 80.5. The highest BCUT2D eigenvalue weighted by atomic mass is 19.1. The normalized spacial score (nSPS) is 13.9. The van der Waals surface area contributed by atoms with Crippen LogP contribution < -0.4 is 72.9 Å².